The Kier molecular flexibility index (Phi) is 3.32. The minimum Gasteiger partial charge on any atom is -0.350 e. The Bertz CT molecular complexity index is 223. The van der Waals surface area contributed by atoms with Crippen molar-refractivity contribution in [1.82, 2.24) is 0 Å². The molecular formula is C11H20O3. The minimum atomic E-state index is -0.555. The fraction of sp³-hybridized carbons (Fsp3) is 0.909. The molecule has 1 heterocycles. The molecule has 0 aromatic rings. The molecule has 0 aromatic carbocycles. The second kappa shape index (κ2) is 3.99. The van der Waals surface area contributed by atoms with Crippen LogP contribution in [0.25, 0.3) is 0 Å². The third kappa shape index (κ3) is 2.55. The largest absolute Gasteiger partial charge is 0.350 e. The number of hydrogen-bond acceptors (Lipinski definition) is 3. The van der Waals surface area contributed by atoms with Gasteiger partial charge >= 0.3 is 0 Å². The maximum Gasteiger partial charge on any atom is 0.163 e. The summed E-state index contributed by atoms with van der Waals surface area (Å²) in [6.07, 6.45) is -0.0174. The molecule has 0 N–H and O–H groups in total. The van der Waals surface area contributed by atoms with E-state index in [1.807, 2.05) is 20.8 Å². The number of carbonyl (C=O) groups is 1. The summed E-state index contributed by atoms with van der Waals surface area (Å²) >= 11 is 0. The highest BCUT2D eigenvalue weighted by molar-refractivity contribution is 5.78. The van der Waals surface area contributed by atoms with Crippen molar-refractivity contribution in [2.45, 2.75) is 46.5 Å². The molecule has 14 heavy (non-hydrogen) atoms. The van der Waals surface area contributed by atoms with Gasteiger partial charge in [0, 0.05) is 11.8 Å². The van der Waals surface area contributed by atoms with E-state index in [0.717, 1.165) is 0 Å². The molecule has 0 amide bonds. The van der Waals surface area contributed by atoms with Gasteiger partial charge in [-0.1, -0.05) is 13.8 Å². The number of ketones is 1. The van der Waals surface area contributed by atoms with Crippen LogP contribution in [0.3, 0.4) is 0 Å². The van der Waals surface area contributed by atoms with E-state index in [1.54, 1.807) is 6.92 Å². The summed E-state index contributed by atoms with van der Waals surface area (Å²) in [5, 5.41) is 0. The fourth-order valence-corrected chi connectivity index (χ4v) is 1.73. The van der Waals surface area contributed by atoms with Gasteiger partial charge in [0.1, 0.15) is 5.78 Å². The van der Waals surface area contributed by atoms with Crippen LogP contribution in [0.1, 0.15) is 34.6 Å². The van der Waals surface area contributed by atoms with Crippen molar-refractivity contribution in [2.24, 2.45) is 11.8 Å². The molecule has 0 bridgehead atoms. The first-order valence-electron chi connectivity index (χ1n) is 5.16. The zero-order valence-corrected chi connectivity index (χ0v) is 9.66. The van der Waals surface area contributed by atoms with Gasteiger partial charge in [0.05, 0.1) is 12.7 Å². The molecule has 3 nitrogen and oxygen atoms in total. The molecule has 1 fully saturated rings. The van der Waals surface area contributed by atoms with Crippen LogP contribution in [-0.4, -0.2) is 24.3 Å². The Labute approximate surface area is 85.8 Å². The molecule has 0 radical (unpaired) electrons. The lowest BCUT2D eigenvalue weighted by atomic mass is 9.90. The topological polar surface area (TPSA) is 35.5 Å². The van der Waals surface area contributed by atoms with E-state index in [2.05, 4.69) is 6.92 Å². The van der Waals surface area contributed by atoms with Gasteiger partial charge in [-0.25, -0.2) is 0 Å². The number of hydrogen-bond donors (Lipinski definition) is 0. The molecule has 0 aromatic heterocycles. The average molecular weight is 200 g/mol. The third-order valence-electron chi connectivity index (χ3n) is 2.81. The third-order valence-corrected chi connectivity index (χ3v) is 2.81. The Morgan fingerprint density at radius 2 is 2.07 bits per heavy atom. The van der Waals surface area contributed by atoms with E-state index in [-0.39, 0.29) is 23.7 Å². The summed E-state index contributed by atoms with van der Waals surface area (Å²) in [6, 6.07) is 0. The van der Waals surface area contributed by atoms with Gasteiger partial charge in [0.25, 0.3) is 0 Å². The minimum absolute atomic E-state index is 0.0174. The summed E-state index contributed by atoms with van der Waals surface area (Å²) in [5.74, 6) is -0.143. The van der Waals surface area contributed by atoms with Gasteiger partial charge in [-0.2, -0.15) is 0 Å². The zero-order valence-electron chi connectivity index (χ0n) is 9.66. The fourth-order valence-electron chi connectivity index (χ4n) is 1.73. The predicted octanol–water partition coefficient (Wildman–Crippen LogP) is 2.00. The molecule has 1 saturated heterocycles. The van der Waals surface area contributed by atoms with Crippen LogP contribution in [0, 0.1) is 11.8 Å². The first kappa shape index (κ1) is 11.7. The van der Waals surface area contributed by atoms with Crippen LogP contribution in [0.15, 0.2) is 0 Å². The second-order valence-corrected chi connectivity index (χ2v) is 4.67. The van der Waals surface area contributed by atoms with Crippen molar-refractivity contribution in [1.29, 1.82) is 0 Å². The molecule has 1 rings (SSSR count). The Hall–Kier alpha value is -0.410. The van der Waals surface area contributed by atoms with E-state index in [1.165, 1.54) is 0 Å². The van der Waals surface area contributed by atoms with Gasteiger partial charge in [0.2, 0.25) is 0 Å². The standard InChI is InChI=1S/C11H20O3/c1-7-6-13-11(4,5)14-10(7)8(2)9(3)12/h7-8,10H,6H2,1-5H3/t7-,8+,10-/m0/s1. The summed E-state index contributed by atoms with van der Waals surface area (Å²) < 4.78 is 11.3. The van der Waals surface area contributed by atoms with Gasteiger partial charge in [-0.05, 0) is 20.8 Å². The normalized spacial score (nSPS) is 33.8. The van der Waals surface area contributed by atoms with E-state index < -0.39 is 5.79 Å². The van der Waals surface area contributed by atoms with Crippen LogP contribution in [0.5, 0.6) is 0 Å². The van der Waals surface area contributed by atoms with E-state index >= 15 is 0 Å². The summed E-state index contributed by atoms with van der Waals surface area (Å²) in [6.45, 7) is 10.0. The Morgan fingerprint density at radius 3 is 2.57 bits per heavy atom. The summed E-state index contributed by atoms with van der Waals surface area (Å²) in [5.41, 5.74) is 0. The molecule has 0 unspecified atom stereocenters. The molecule has 0 spiro atoms. The number of Topliss-reactive ketones (excluding diaryl/α,β-unsaturated/α-hetero) is 1. The zero-order chi connectivity index (χ0) is 10.9. The van der Waals surface area contributed by atoms with Crippen molar-refractivity contribution in [3.8, 4) is 0 Å². The first-order chi connectivity index (χ1) is 6.33. The van der Waals surface area contributed by atoms with Crippen LogP contribution in [-0.2, 0) is 14.3 Å². The molecule has 82 valence electrons. The molecule has 3 atom stereocenters. The van der Waals surface area contributed by atoms with Crippen LogP contribution >= 0.6 is 0 Å². The smallest absolute Gasteiger partial charge is 0.163 e. The monoisotopic (exact) mass is 200 g/mol. The van der Waals surface area contributed by atoms with Gasteiger partial charge < -0.3 is 9.47 Å². The highest BCUT2D eigenvalue weighted by atomic mass is 16.7. The van der Waals surface area contributed by atoms with Gasteiger partial charge in [-0.15, -0.1) is 0 Å². The van der Waals surface area contributed by atoms with Crippen molar-refractivity contribution >= 4 is 5.78 Å². The molecule has 0 saturated carbocycles. The Balaban J connectivity index is 2.70. The van der Waals surface area contributed by atoms with E-state index in [4.69, 9.17) is 9.47 Å². The quantitative estimate of drug-likeness (QED) is 0.684. The van der Waals surface area contributed by atoms with E-state index in [0.29, 0.717) is 6.61 Å². The van der Waals surface area contributed by atoms with Crippen LogP contribution < -0.4 is 0 Å². The van der Waals surface area contributed by atoms with Crippen molar-refractivity contribution < 1.29 is 14.3 Å². The number of carbonyl (C=O) groups excluding carboxylic acids is 1. The predicted molar refractivity (Wildman–Crippen MR) is 53.9 cm³/mol. The molecule has 1 aliphatic rings. The van der Waals surface area contributed by atoms with E-state index in [9.17, 15) is 4.79 Å². The highest BCUT2D eigenvalue weighted by Gasteiger charge is 2.38. The second-order valence-electron chi connectivity index (χ2n) is 4.67. The average Bonchev–Trinajstić information content (AvgIpc) is 2.08. The molecular weight excluding hydrogens is 180 g/mol. The Morgan fingerprint density at radius 1 is 1.50 bits per heavy atom. The summed E-state index contributed by atoms with van der Waals surface area (Å²) in [4.78, 5) is 11.3. The first-order valence-corrected chi connectivity index (χ1v) is 5.16. The summed E-state index contributed by atoms with van der Waals surface area (Å²) in [7, 11) is 0. The molecule has 3 heteroatoms. The highest BCUT2D eigenvalue weighted by Crippen LogP contribution is 2.30. The lowest BCUT2D eigenvalue weighted by Crippen LogP contribution is -2.48. The molecule has 1 aliphatic heterocycles. The molecule has 0 aliphatic carbocycles. The number of rotatable bonds is 2. The lowest BCUT2D eigenvalue weighted by molar-refractivity contribution is -0.297. The maximum absolute atomic E-state index is 11.3. The van der Waals surface area contributed by atoms with Gasteiger partial charge in [-0.3, -0.25) is 4.79 Å². The maximum atomic E-state index is 11.3. The number of ether oxygens (including phenoxy) is 2. The van der Waals surface area contributed by atoms with Crippen molar-refractivity contribution in [3.05, 3.63) is 0 Å². The van der Waals surface area contributed by atoms with Crippen molar-refractivity contribution in [2.75, 3.05) is 6.61 Å². The van der Waals surface area contributed by atoms with Crippen LogP contribution in [0.4, 0.5) is 0 Å². The van der Waals surface area contributed by atoms with Crippen molar-refractivity contribution in [3.63, 3.8) is 0 Å². The van der Waals surface area contributed by atoms with Crippen LogP contribution in [0.2, 0.25) is 0 Å². The lowest BCUT2D eigenvalue weighted by Gasteiger charge is -2.41. The van der Waals surface area contributed by atoms with Gasteiger partial charge in [0.15, 0.2) is 5.79 Å². The SMILES string of the molecule is CC(=O)[C@@H](C)[C@H]1OC(C)(C)OC[C@@H]1C.